The molecule has 1 aromatic rings. The molecule has 0 spiro atoms. The quantitative estimate of drug-likeness (QED) is 0.658. The van der Waals surface area contributed by atoms with Gasteiger partial charge in [0.15, 0.2) is 0 Å². The summed E-state index contributed by atoms with van der Waals surface area (Å²) in [6.45, 7) is 2.21. The Morgan fingerprint density at radius 2 is 1.94 bits per heavy atom. The summed E-state index contributed by atoms with van der Waals surface area (Å²) in [5.74, 6) is 0. The number of benzene rings is 1. The molecule has 1 unspecified atom stereocenters. The highest BCUT2D eigenvalue weighted by atomic mass is 79.9. The van der Waals surface area contributed by atoms with E-state index < -0.39 is 0 Å². The number of halogens is 2. The zero-order valence-electron chi connectivity index (χ0n) is 10.3. The van der Waals surface area contributed by atoms with E-state index in [1.807, 2.05) is 18.2 Å². The minimum atomic E-state index is -0.387. The molecule has 0 bridgehead atoms. The van der Waals surface area contributed by atoms with Crippen molar-refractivity contribution in [3.05, 3.63) is 33.3 Å². The van der Waals surface area contributed by atoms with Crippen LogP contribution in [-0.4, -0.2) is 5.11 Å². The van der Waals surface area contributed by atoms with Crippen LogP contribution in [0, 0.1) is 0 Å². The Labute approximate surface area is 117 Å². The van der Waals surface area contributed by atoms with Gasteiger partial charge in [-0.1, -0.05) is 56.7 Å². The lowest BCUT2D eigenvalue weighted by atomic mass is 10.0. The fraction of sp³-hybridized carbons (Fsp3) is 0.571. The molecule has 0 aliphatic carbocycles. The molecular formula is C14H20BrClO. The number of aliphatic hydroxyl groups is 1. The fourth-order valence-electron chi connectivity index (χ4n) is 1.83. The van der Waals surface area contributed by atoms with Gasteiger partial charge in [-0.2, -0.15) is 0 Å². The summed E-state index contributed by atoms with van der Waals surface area (Å²) >= 11 is 9.35. The lowest BCUT2D eigenvalue weighted by molar-refractivity contribution is 0.163. The van der Waals surface area contributed by atoms with E-state index in [2.05, 4.69) is 22.9 Å². The Balaban J connectivity index is 2.36. The van der Waals surface area contributed by atoms with Crippen LogP contribution < -0.4 is 0 Å². The smallest absolute Gasteiger partial charge is 0.0790 e. The SMILES string of the molecule is CCCCCCCC(O)c1ccc(Br)c(Cl)c1. The summed E-state index contributed by atoms with van der Waals surface area (Å²) < 4.78 is 0.873. The molecule has 0 fully saturated rings. The second-order valence-corrected chi connectivity index (χ2v) is 5.65. The summed E-state index contributed by atoms with van der Waals surface area (Å²) in [5.41, 5.74) is 0.911. The molecule has 0 radical (unpaired) electrons. The Bertz CT molecular complexity index is 341. The molecular weight excluding hydrogens is 300 g/mol. The molecule has 17 heavy (non-hydrogen) atoms. The van der Waals surface area contributed by atoms with Crippen LogP contribution in [0.5, 0.6) is 0 Å². The first-order valence-electron chi connectivity index (χ1n) is 6.28. The molecule has 0 aliphatic rings. The fourth-order valence-corrected chi connectivity index (χ4v) is 2.26. The molecule has 0 amide bonds. The molecule has 0 aromatic heterocycles. The van der Waals surface area contributed by atoms with E-state index >= 15 is 0 Å². The van der Waals surface area contributed by atoms with E-state index in [1.54, 1.807) is 0 Å². The largest absolute Gasteiger partial charge is 0.388 e. The van der Waals surface area contributed by atoms with Crippen molar-refractivity contribution in [2.45, 2.75) is 51.6 Å². The second-order valence-electron chi connectivity index (χ2n) is 4.39. The zero-order valence-corrected chi connectivity index (χ0v) is 12.6. The predicted molar refractivity (Wildman–Crippen MR) is 77.5 cm³/mol. The predicted octanol–water partition coefficient (Wildman–Crippen LogP) is 5.50. The maximum absolute atomic E-state index is 10.0. The van der Waals surface area contributed by atoms with E-state index in [9.17, 15) is 5.11 Å². The molecule has 1 rings (SSSR count). The Kier molecular flexibility index (Phi) is 7.17. The van der Waals surface area contributed by atoms with E-state index in [-0.39, 0.29) is 6.10 Å². The molecule has 0 heterocycles. The van der Waals surface area contributed by atoms with Crippen molar-refractivity contribution in [3.8, 4) is 0 Å². The van der Waals surface area contributed by atoms with Crippen LogP contribution in [0.2, 0.25) is 5.02 Å². The minimum Gasteiger partial charge on any atom is -0.388 e. The average Bonchev–Trinajstić information content (AvgIpc) is 2.32. The van der Waals surface area contributed by atoms with E-state index in [0.29, 0.717) is 5.02 Å². The van der Waals surface area contributed by atoms with E-state index in [4.69, 9.17) is 11.6 Å². The van der Waals surface area contributed by atoms with E-state index in [0.717, 1.165) is 22.9 Å². The van der Waals surface area contributed by atoms with Gasteiger partial charge in [0.25, 0.3) is 0 Å². The van der Waals surface area contributed by atoms with Crippen LogP contribution in [-0.2, 0) is 0 Å². The van der Waals surface area contributed by atoms with Gasteiger partial charge in [0.2, 0.25) is 0 Å². The minimum absolute atomic E-state index is 0.387. The highest BCUT2D eigenvalue weighted by Gasteiger charge is 2.08. The zero-order chi connectivity index (χ0) is 12.7. The van der Waals surface area contributed by atoms with Crippen LogP contribution in [0.3, 0.4) is 0 Å². The third kappa shape index (κ3) is 5.41. The molecule has 0 saturated carbocycles. The van der Waals surface area contributed by atoms with Crippen LogP contribution >= 0.6 is 27.5 Å². The third-order valence-corrected chi connectivity index (χ3v) is 4.14. The van der Waals surface area contributed by atoms with Crippen molar-refractivity contribution in [3.63, 3.8) is 0 Å². The van der Waals surface area contributed by atoms with Gasteiger partial charge in [-0.25, -0.2) is 0 Å². The molecule has 0 aliphatic heterocycles. The van der Waals surface area contributed by atoms with Gasteiger partial charge >= 0.3 is 0 Å². The summed E-state index contributed by atoms with van der Waals surface area (Å²) in [6, 6.07) is 5.65. The maximum Gasteiger partial charge on any atom is 0.0790 e. The van der Waals surface area contributed by atoms with Gasteiger partial charge in [0.05, 0.1) is 11.1 Å². The van der Waals surface area contributed by atoms with Crippen LogP contribution in [0.1, 0.15) is 57.1 Å². The van der Waals surface area contributed by atoms with Crippen LogP contribution in [0.4, 0.5) is 0 Å². The molecule has 1 nitrogen and oxygen atoms in total. The van der Waals surface area contributed by atoms with Gasteiger partial charge < -0.3 is 5.11 Å². The van der Waals surface area contributed by atoms with Gasteiger partial charge in [-0.3, -0.25) is 0 Å². The lowest BCUT2D eigenvalue weighted by Crippen LogP contribution is -1.97. The van der Waals surface area contributed by atoms with Gasteiger partial charge in [0, 0.05) is 4.47 Å². The van der Waals surface area contributed by atoms with Crippen molar-refractivity contribution >= 4 is 27.5 Å². The lowest BCUT2D eigenvalue weighted by Gasteiger charge is -2.11. The second kappa shape index (κ2) is 8.12. The standard InChI is InChI=1S/C14H20BrClO/c1-2-3-4-5-6-7-14(17)11-8-9-12(15)13(16)10-11/h8-10,14,17H,2-7H2,1H3. The first-order valence-corrected chi connectivity index (χ1v) is 7.45. The summed E-state index contributed by atoms with van der Waals surface area (Å²) in [7, 11) is 0. The third-order valence-electron chi connectivity index (χ3n) is 2.91. The van der Waals surface area contributed by atoms with Crippen LogP contribution in [0.15, 0.2) is 22.7 Å². The van der Waals surface area contributed by atoms with Crippen molar-refractivity contribution in [1.29, 1.82) is 0 Å². The molecule has 1 aromatic carbocycles. The number of unbranched alkanes of at least 4 members (excludes halogenated alkanes) is 4. The monoisotopic (exact) mass is 318 g/mol. The molecule has 0 saturated heterocycles. The topological polar surface area (TPSA) is 20.2 Å². The molecule has 96 valence electrons. The van der Waals surface area contributed by atoms with Crippen LogP contribution in [0.25, 0.3) is 0 Å². The first-order chi connectivity index (χ1) is 8.15. The van der Waals surface area contributed by atoms with Gasteiger partial charge in [-0.15, -0.1) is 0 Å². The summed E-state index contributed by atoms with van der Waals surface area (Å²) in [6.07, 6.45) is 6.53. The van der Waals surface area contributed by atoms with E-state index in [1.165, 1.54) is 25.7 Å². The first kappa shape index (κ1) is 15.0. The van der Waals surface area contributed by atoms with Gasteiger partial charge in [-0.05, 0) is 40.0 Å². The molecule has 1 atom stereocenters. The number of hydrogen-bond donors (Lipinski definition) is 1. The molecule has 3 heteroatoms. The van der Waals surface area contributed by atoms with Crippen molar-refractivity contribution in [2.75, 3.05) is 0 Å². The number of rotatable bonds is 7. The van der Waals surface area contributed by atoms with Crippen molar-refractivity contribution < 1.29 is 5.11 Å². The highest BCUT2D eigenvalue weighted by Crippen LogP contribution is 2.28. The number of hydrogen-bond acceptors (Lipinski definition) is 1. The summed E-state index contributed by atoms with van der Waals surface area (Å²) in [4.78, 5) is 0. The summed E-state index contributed by atoms with van der Waals surface area (Å²) in [5, 5.41) is 10.7. The number of aliphatic hydroxyl groups excluding tert-OH is 1. The Morgan fingerprint density at radius 1 is 1.24 bits per heavy atom. The normalized spacial score (nSPS) is 12.7. The average molecular weight is 320 g/mol. The van der Waals surface area contributed by atoms with Gasteiger partial charge in [0.1, 0.15) is 0 Å². The highest BCUT2D eigenvalue weighted by molar-refractivity contribution is 9.10. The Hall–Kier alpha value is -0.0500. The maximum atomic E-state index is 10.0. The van der Waals surface area contributed by atoms with Crippen molar-refractivity contribution in [1.82, 2.24) is 0 Å². The molecule has 1 N–H and O–H groups in total. The Morgan fingerprint density at radius 3 is 2.59 bits per heavy atom. The van der Waals surface area contributed by atoms with Crippen molar-refractivity contribution in [2.24, 2.45) is 0 Å².